The minimum Gasteiger partial charge on any atom is -0.508 e. The molecule has 6 N–H and O–H groups in total. The molecular formula is C33H30O19. The lowest BCUT2D eigenvalue weighted by molar-refractivity contribution is -0.193. The van der Waals surface area contributed by atoms with E-state index in [1.165, 1.54) is 0 Å². The summed E-state index contributed by atoms with van der Waals surface area (Å²) in [6.45, 7) is 0.909. The molecule has 0 aromatic heterocycles. The van der Waals surface area contributed by atoms with Crippen LogP contribution >= 0.6 is 0 Å². The molecule has 4 rings (SSSR count). The molecule has 0 spiro atoms. The van der Waals surface area contributed by atoms with Crippen LogP contribution in [0.2, 0.25) is 0 Å². The van der Waals surface area contributed by atoms with Crippen LogP contribution in [0.4, 0.5) is 0 Å². The number of phenols is 4. The van der Waals surface area contributed by atoms with E-state index >= 15 is 0 Å². The van der Waals surface area contributed by atoms with E-state index in [1.54, 1.807) is 0 Å². The summed E-state index contributed by atoms with van der Waals surface area (Å²) in [5, 5.41) is 61.2. The van der Waals surface area contributed by atoms with E-state index in [9.17, 15) is 59.4 Å². The molecule has 19 nitrogen and oxygen atoms in total. The second-order valence-electron chi connectivity index (χ2n) is 11.0. The average molecular weight is 731 g/mol. The number of hydrogen-bond acceptors (Lipinski definition) is 19. The quantitative estimate of drug-likeness (QED) is 0.0693. The molecule has 1 heterocycles. The van der Waals surface area contributed by atoms with Gasteiger partial charge < -0.3 is 63.8 Å². The van der Waals surface area contributed by atoms with Crippen molar-refractivity contribution in [1.82, 2.24) is 0 Å². The molecule has 52 heavy (non-hydrogen) atoms. The van der Waals surface area contributed by atoms with E-state index in [4.69, 9.17) is 33.2 Å². The Morgan fingerprint density at radius 2 is 1.19 bits per heavy atom. The van der Waals surface area contributed by atoms with Crippen LogP contribution in [0.25, 0.3) is 0 Å². The minimum atomic E-state index is -2.79. The van der Waals surface area contributed by atoms with Crippen molar-refractivity contribution in [3.05, 3.63) is 65.2 Å². The lowest BCUT2D eigenvalue weighted by Crippen LogP contribution is -2.54. The van der Waals surface area contributed by atoms with Gasteiger partial charge in [0.2, 0.25) is 12.0 Å². The van der Waals surface area contributed by atoms with Crippen molar-refractivity contribution < 1.29 is 92.6 Å². The molecule has 1 aliphatic heterocycles. The second kappa shape index (κ2) is 15.6. The van der Waals surface area contributed by atoms with E-state index in [0.29, 0.717) is 0 Å². The highest BCUT2D eigenvalue weighted by atomic mass is 16.7. The average Bonchev–Trinajstić information content (AvgIpc) is 3.30. The number of hydrogen-bond donors (Lipinski definition) is 6. The van der Waals surface area contributed by atoms with Gasteiger partial charge in [-0.1, -0.05) is 0 Å². The number of carbonyl (C=O) groups is 6. The molecule has 0 amide bonds. The molecule has 0 aliphatic carbocycles. The van der Waals surface area contributed by atoms with Gasteiger partial charge in [0.15, 0.2) is 34.3 Å². The molecule has 0 bridgehead atoms. The number of aliphatic hydroxyl groups is 2. The summed E-state index contributed by atoms with van der Waals surface area (Å²) < 4.78 is 36.1. The summed E-state index contributed by atoms with van der Waals surface area (Å²) in [6.07, 6.45) is -5.94. The van der Waals surface area contributed by atoms with Crippen LogP contribution in [0.1, 0.15) is 51.8 Å². The van der Waals surface area contributed by atoms with Gasteiger partial charge in [-0.05, 0) is 48.5 Å². The molecule has 0 radical (unpaired) electrons. The number of benzene rings is 3. The van der Waals surface area contributed by atoms with Crippen molar-refractivity contribution in [2.45, 2.75) is 44.9 Å². The molecule has 1 fully saturated rings. The topological polar surface area (TPSA) is 288 Å². The molecular weight excluding hydrogens is 700 g/mol. The normalized spacial score (nSPS) is 19.2. The monoisotopic (exact) mass is 730 g/mol. The fraction of sp³-hybridized carbons (Fsp3) is 0.273. The first-order valence-electron chi connectivity index (χ1n) is 14.8. The SMILES string of the molecule is CC(=O)Oc1cc(C(=O)OC[C@]2(O)[C@@H](OC(=O)c3ccc(O)cc3)O[C@H](COC(=O)c3cc(O)c(O)c(O)c3)[C@H]2O)cc(OC(C)=O)c1OC(C)=O. The van der Waals surface area contributed by atoms with Crippen LogP contribution in [0.15, 0.2) is 48.5 Å². The van der Waals surface area contributed by atoms with E-state index in [2.05, 4.69) is 0 Å². The number of ether oxygens (including phenoxy) is 7. The second-order valence-corrected chi connectivity index (χ2v) is 11.0. The Labute approximate surface area is 292 Å². The number of carbonyl (C=O) groups excluding carboxylic acids is 6. The van der Waals surface area contributed by atoms with E-state index in [0.717, 1.165) is 69.3 Å². The van der Waals surface area contributed by atoms with Crippen molar-refractivity contribution in [2.24, 2.45) is 0 Å². The maximum Gasteiger partial charge on any atom is 0.340 e. The van der Waals surface area contributed by atoms with Gasteiger partial charge in [-0.15, -0.1) is 0 Å². The highest BCUT2D eigenvalue weighted by molar-refractivity contribution is 5.93. The van der Waals surface area contributed by atoms with Crippen molar-refractivity contribution >= 4 is 35.8 Å². The van der Waals surface area contributed by atoms with Crippen molar-refractivity contribution in [1.29, 1.82) is 0 Å². The summed E-state index contributed by atoms with van der Waals surface area (Å²) in [6, 6.07) is 7.90. The standard InChI is InChI=1S/C33H30O19/c1-14(34)48-23-10-19(11-24(49-15(2)35)27(23)50-16(3)36)30(43)47-13-33(45)28(41)25(12-46-29(42)18-8-21(38)26(40)22(39)9-18)51-32(33)52-31(44)17-4-6-20(37)7-5-17/h4-11,25,28,32,37-41,45H,12-13H2,1-3H3/t25-,28-,32-,33-/m1/s1. The van der Waals surface area contributed by atoms with Crippen LogP contribution in [-0.4, -0.2) is 104 Å². The van der Waals surface area contributed by atoms with Gasteiger partial charge in [-0.3, -0.25) is 14.4 Å². The molecule has 1 aliphatic rings. The van der Waals surface area contributed by atoms with Gasteiger partial charge in [0.25, 0.3) is 0 Å². The first kappa shape index (κ1) is 38.4. The van der Waals surface area contributed by atoms with Crippen LogP contribution in [-0.2, 0) is 33.3 Å². The third-order valence-electron chi connectivity index (χ3n) is 7.02. The van der Waals surface area contributed by atoms with E-state index < -0.39 is 119 Å². The minimum absolute atomic E-state index is 0.152. The predicted molar refractivity (Wildman–Crippen MR) is 166 cm³/mol. The number of aliphatic hydroxyl groups excluding tert-OH is 1. The van der Waals surface area contributed by atoms with Crippen molar-refractivity contribution in [2.75, 3.05) is 13.2 Å². The van der Waals surface area contributed by atoms with Crippen molar-refractivity contribution in [3.8, 4) is 40.2 Å². The van der Waals surface area contributed by atoms with Crippen molar-refractivity contribution in [3.63, 3.8) is 0 Å². The Morgan fingerprint density at radius 1 is 0.692 bits per heavy atom. The van der Waals surface area contributed by atoms with Gasteiger partial charge in [0, 0.05) is 20.8 Å². The first-order chi connectivity index (χ1) is 24.4. The number of phenolic OH excluding ortho intramolecular Hbond substituents is 4. The zero-order valence-corrected chi connectivity index (χ0v) is 27.3. The highest BCUT2D eigenvalue weighted by Gasteiger charge is 2.59. The number of aromatic hydroxyl groups is 4. The van der Waals surface area contributed by atoms with Crippen LogP contribution < -0.4 is 14.2 Å². The smallest absolute Gasteiger partial charge is 0.340 e. The fourth-order valence-corrected chi connectivity index (χ4v) is 4.62. The van der Waals surface area contributed by atoms with Gasteiger partial charge >= 0.3 is 35.8 Å². The molecule has 0 saturated carbocycles. The summed E-state index contributed by atoms with van der Waals surface area (Å²) in [5.74, 6) is -10.9. The van der Waals surface area contributed by atoms with Crippen LogP contribution in [0.5, 0.6) is 40.2 Å². The lowest BCUT2D eigenvalue weighted by Gasteiger charge is -2.29. The lowest BCUT2D eigenvalue weighted by atomic mass is 9.96. The Balaban J connectivity index is 1.61. The van der Waals surface area contributed by atoms with E-state index in [1.807, 2.05) is 0 Å². The van der Waals surface area contributed by atoms with Gasteiger partial charge in [-0.25, -0.2) is 14.4 Å². The molecule has 19 heteroatoms. The summed E-state index contributed by atoms with van der Waals surface area (Å²) >= 11 is 0. The number of rotatable bonds is 11. The van der Waals surface area contributed by atoms with E-state index in [-0.39, 0.29) is 11.3 Å². The van der Waals surface area contributed by atoms with Gasteiger partial charge in [-0.2, -0.15) is 0 Å². The van der Waals surface area contributed by atoms with Gasteiger partial charge in [0.1, 0.15) is 31.2 Å². The third-order valence-corrected chi connectivity index (χ3v) is 7.02. The Bertz CT molecular complexity index is 1840. The summed E-state index contributed by atoms with van der Waals surface area (Å²) in [5.41, 5.74) is -3.88. The maximum atomic E-state index is 13.3. The summed E-state index contributed by atoms with van der Waals surface area (Å²) in [7, 11) is 0. The highest BCUT2D eigenvalue weighted by Crippen LogP contribution is 2.41. The summed E-state index contributed by atoms with van der Waals surface area (Å²) in [4.78, 5) is 74.0. The molecule has 4 atom stereocenters. The largest absolute Gasteiger partial charge is 0.508 e. The van der Waals surface area contributed by atoms with Crippen LogP contribution in [0.3, 0.4) is 0 Å². The maximum absolute atomic E-state index is 13.3. The Kier molecular flexibility index (Phi) is 11.5. The third kappa shape index (κ3) is 8.82. The number of esters is 6. The molecule has 3 aromatic rings. The fourth-order valence-electron chi connectivity index (χ4n) is 4.62. The zero-order chi connectivity index (χ0) is 38.5. The molecule has 0 unspecified atom stereocenters. The Morgan fingerprint density at radius 3 is 1.71 bits per heavy atom. The molecule has 1 saturated heterocycles. The first-order valence-corrected chi connectivity index (χ1v) is 14.8. The molecule has 276 valence electrons. The predicted octanol–water partition coefficient (Wildman–Crippen LogP) is 0.973. The Hall–Kier alpha value is -6.44. The zero-order valence-electron chi connectivity index (χ0n) is 27.3. The van der Waals surface area contributed by atoms with Gasteiger partial charge in [0.05, 0.1) is 16.7 Å². The molecule has 3 aromatic carbocycles. The van der Waals surface area contributed by atoms with Crippen LogP contribution in [0, 0.1) is 0 Å².